The van der Waals surface area contributed by atoms with E-state index in [0.717, 1.165) is 0 Å². The zero-order valence-electron chi connectivity index (χ0n) is 9.86. The minimum atomic E-state index is -2.58. The fraction of sp³-hybridized carbons (Fsp3) is 0.667. The van der Waals surface area contributed by atoms with Crippen molar-refractivity contribution in [2.45, 2.75) is 6.43 Å². The normalized spacial score (nSPS) is 10.3. The average Bonchev–Trinajstić information content (AvgIpc) is 2.27. The third-order valence-corrected chi connectivity index (χ3v) is 1.49. The number of hydrogen-bond donors (Lipinski definition) is 3. The summed E-state index contributed by atoms with van der Waals surface area (Å²) in [5.41, 5.74) is 0. The fourth-order valence-electron chi connectivity index (χ4n) is 0.847. The highest BCUT2D eigenvalue weighted by Gasteiger charge is 2.08. The fourth-order valence-corrected chi connectivity index (χ4v) is 0.847. The van der Waals surface area contributed by atoms with Gasteiger partial charge < -0.3 is 19.9 Å². The average molecular weight is 284 g/mol. The van der Waals surface area contributed by atoms with E-state index in [0.29, 0.717) is 0 Å². The Morgan fingerprint density at radius 1 is 1.16 bits per heavy atom. The monoisotopic (exact) mass is 284 g/mol. The topological polar surface area (TPSA) is 114 Å². The first-order valence-corrected chi connectivity index (χ1v) is 5.15. The van der Waals surface area contributed by atoms with E-state index in [9.17, 15) is 23.2 Å². The highest BCUT2D eigenvalue weighted by Crippen LogP contribution is 1.91. The molecule has 0 radical (unpaired) electrons. The number of carboxylic acid groups (broad SMARTS) is 1. The molecule has 8 nitrogen and oxygen atoms in total. The number of carbonyl (C=O) groups excluding carboxylic acids is 2. The third-order valence-electron chi connectivity index (χ3n) is 1.49. The molecule has 0 aliphatic carbocycles. The number of alkyl halides is 2. The summed E-state index contributed by atoms with van der Waals surface area (Å²) in [5.74, 6) is -2.07. The molecule has 10 heteroatoms. The molecular weight excluding hydrogens is 270 g/mol. The predicted molar refractivity (Wildman–Crippen MR) is 56.8 cm³/mol. The van der Waals surface area contributed by atoms with Gasteiger partial charge in [-0.1, -0.05) is 0 Å². The smallest absolute Gasteiger partial charge is 0.329 e. The van der Waals surface area contributed by atoms with Crippen molar-refractivity contribution in [2.75, 3.05) is 33.0 Å². The van der Waals surface area contributed by atoms with Crippen LogP contribution in [0.1, 0.15) is 0 Å². The molecule has 0 saturated carbocycles. The molecule has 0 spiro atoms. The van der Waals surface area contributed by atoms with E-state index in [1.54, 1.807) is 0 Å². The molecule has 0 aromatic carbocycles. The first-order valence-electron chi connectivity index (χ1n) is 5.15. The van der Waals surface area contributed by atoms with Gasteiger partial charge in [0.05, 0.1) is 6.61 Å². The summed E-state index contributed by atoms with van der Waals surface area (Å²) in [7, 11) is 0. The molecule has 3 amide bonds. The van der Waals surface area contributed by atoms with Gasteiger partial charge >= 0.3 is 12.0 Å². The molecule has 0 atom stereocenters. The zero-order valence-corrected chi connectivity index (χ0v) is 9.86. The van der Waals surface area contributed by atoms with E-state index in [-0.39, 0.29) is 13.2 Å². The Labute approximate surface area is 107 Å². The van der Waals surface area contributed by atoms with Gasteiger partial charge in [0.2, 0.25) is 0 Å². The first-order chi connectivity index (χ1) is 8.91. The lowest BCUT2D eigenvalue weighted by Crippen LogP contribution is -2.42. The summed E-state index contributed by atoms with van der Waals surface area (Å²) in [4.78, 5) is 32.1. The van der Waals surface area contributed by atoms with Crippen LogP contribution in [0.4, 0.5) is 13.6 Å². The highest BCUT2D eigenvalue weighted by atomic mass is 19.3. The lowest BCUT2D eigenvalue weighted by Gasteiger charge is -2.07. The van der Waals surface area contributed by atoms with Gasteiger partial charge in [0, 0.05) is 6.54 Å². The van der Waals surface area contributed by atoms with Gasteiger partial charge in [-0.05, 0) is 0 Å². The summed E-state index contributed by atoms with van der Waals surface area (Å²) < 4.78 is 32.2. The lowest BCUT2D eigenvalue weighted by atomic mass is 10.6. The molecule has 19 heavy (non-hydrogen) atoms. The van der Waals surface area contributed by atoms with E-state index in [1.165, 1.54) is 0 Å². The van der Waals surface area contributed by atoms with Crippen molar-refractivity contribution >= 4 is 17.9 Å². The molecule has 0 aromatic rings. The van der Waals surface area contributed by atoms with Crippen molar-refractivity contribution in [2.24, 2.45) is 0 Å². The molecule has 0 aliphatic heterocycles. The number of carboxylic acids is 1. The van der Waals surface area contributed by atoms with Crippen LogP contribution in [-0.4, -0.2) is 62.4 Å². The number of ether oxygens (including phenoxy) is 2. The second-order valence-corrected chi connectivity index (χ2v) is 3.16. The molecule has 0 unspecified atom stereocenters. The molecule has 0 bridgehead atoms. The molecule has 0 heterocycles. The molecule has 110 valence electrons. The minimum absolute atomic E-state index is 0.0538. The number of imide groups is 1. The second-order valence-electron chi connectivity index (χ2n) is 3.16. The molecular formula is C9H14F2N2O6. The van der Waals surface area contributed by atoms with Crippen molar-refractivity contribution < 1.29 is 37.7 Å². The Bertz CT molecular complexity index is 313. The number of rotatable bonds is 9. The Morgan fingerprint density at radius 3 is 2.42 bits per heavy atom. The maximum atomic E-state index is 11.6. The molecule has 0 aromatic heterocycles. The van der Waals surface area contributed by atoms with E-state index < -0.39 is 44.2 Å². The number of hydrogen-bond acceptors (Lipinski definition) is 5. The maximum absolute atomic E-state index is 11.6. The van der Waals surface area contributed by atoms with Crippen LogP contribution in [0.2, 0.25) is 0 Å². The number of urea groups is 1. The van der Waals surface area contributed by atoms with Crippen molar-refractivity contribution in [3.63, 3.8) is 0 Å². The van der Waals surface area contributed by atoms with Gasteiger partial charge in [-0.25, -0.2) is 18.4 Å². The van der Waals surface area contributed by atoms with Gasteiger partial charge in [0.15, 0.2) is 0 Å². The Morgan fingerprint density at radius 2 is 1.84 bits per heavy atom. The van der Waals surface area contributed by atoms with E-state index in [2.05, 4.69) is 14.8 Å². The van der Waals surface area contributed by atoms with Gasteiger partial charge in [0.25, 0.3) is 12.3 Å². The van der Waals surface area contributed by atoms with E-state index >= 15 is 0 Å². The van der Waals surface area contributed by atoms with Crippen molar-refractivity contribution in [1.82, 2.24) is 10.6 Å². The number of aliphatic carboxylic acids is 1. The van der Waals surface area contributed by atoms with Gasteiger partial charge in [0.1, 0.15) is 19.8 Å². The minimum Gasteiger partial charge on any atom is -0.480 e. The van der Waals surface area contributed by atoms with Crippen LogP contribution in [0.5, 0.6) is 0 Å². The number of nitrogens with one attached hydrogen (secondary N) is 2. The maximum Gasteiger partial charge on any atom is 0.329 e. The van der Waals surface area contributed by atoms with Crippen LogP contribution in [0, 0.1) is 0 Å². The van der Waals surface area contributed by atoms with Gasteiger partial charge in [-0.15, -0.1) is 0 Å². The van der Waals surface area contributed by atoms with Gasteiger partial charge in [-0.2, -0.15) is 0 Å². The molecule has 0 saturated heterocycles. The standard InChI is InChI=1S/C9H14F2N2O6/c10-6(11)3-18-2-1-12-9(17)13-7(14)4-19-5-8(15)16/h6H,1-5H2,(H,15,16)(H2,12,13,14,17). The molecule has 0 fully saturated rings. The van der Waals surface area contributed by atoms with Crippen LogP contribution in [0.3, 0.4) is 0 Å². The van der Waals surface area contributed by atoms with Crippen LogP contribution in [-0.2, 0) is 19.1 Å². The largest absolute Gasteiger partial charge is 0.480 e. The summed E-state index contributed by atoms with van der Waals surface area (Å²) in [6.45, 7) is -2.15. The lowest BCUT2D eigenvalue weighted by molar-refractivity contribution is -0.143. The number of halogens is 2. The van der Waals surface area contributed by atoms with Crippen molar-refractivity contribution in [3.8, 4) is 0 Å². The molecule has 3 N–H and O–H groups in total. The Hall–Kier alpha value is -1.81. The van der Waals surface area contributed by atoms with Crippen LogP contribution in [0.25, 0.3) is 0 Å². The quantitative estimate of drug-likeness (QED) is 0.477. The van der Waals surface area contributed by atoms with Gasteiger partial charge in [-0.3, -0.25) is 10.1 Å². The third kappa shape index (κ3) is 12.4. The Kier molecular flexibility index (Phi) is 9.18. The number of carbonyl (C=O) groups is 3. The predicted octanol–water partition coefficient (Wildman–Crippen LogP) is -0.805. The Balaban J connectivity index is 3.52. The van der Waals surface area contributed by atoms with E-state index in [4.69, 9.17) is 5.11 Å². The highest BCUT2D eigenvalue weighted by molar-refractivity contribution is 5.94. The van der Waals surface area contributed by atoms with Crippen molar-refractivity contribution in [3.05, 3.63) is 0 Å². The summed E-state index contributed by atoms with van der Waals surface area (Å²) >= 11 is 0. The zero-order chi connectivity index (χ0) is 14.7. The number of amides is 3. The first kappa shape index (κ1) is 17.2. The second kappa shape index (κ2) is 10.1. The molecule has 0 aliphatic rings. The van der Waals surface area contributed by atoms with Crippen LogP contribution in [0.15, 0.2) is 0 Å². The summed E-state index contributed by atoms with van der Waals surface area (Å²) in [6, 6.07) is -0.857. The summed E-state index contributed by atoms with van der Waals surface area (Å²) in [6.07, 6.45) is -2.58. The van der Waals surface area contributed by atoms with Crippen LogP contribution < -0.4 is 10.6 Å². The SMILES string of the molecule is O=C(O)COCC(=O)NC(=O)NCCOCC(F)F. The van der Waals surface area contributed by atoms with Crippen molar-refractivity contribution in [1.29, 1.82) is 0 Å². The summed E-state index contributed by atoms with van der Waals surface area (Å²) in [5, 5.41) is 12.2. The van der Waals surface area contributed by atoms with E-state index in [1.807, 2.05) is 5.32 Å². The molecule has 0 rings (SSSR count). The van der Waals surface area contributed by atoms with Crippen LogP contribution >= 0.6 is 0 Å².